The number of nitrogens with zero attached hydrogens (tertiary/aromatic N) is 2. The van der Waals surface area contributed by atoms with Gasteiger partial charge in [-0.25, -0.2) is 0 Å². The van der Waals surface area contributed by atoms with Gasteiger partial charge in [0, 0.05) is 24.8 Å². The summed E-state index contributed by atoms with van der Waals surface area (Å²) >= 11 is 0. The first-order valence-corrected chi connectivity index (χ1v) is 7.91. The average Bonchev–Trinajstić information content (AvgIpc) is 2.43. The molecule has 2 aliphatic rings. The van der Waals surface area contributed by atoms with Crippen molar-refractivity contribution >= 4 is 5.69 Å². The van der Waals surface area contributed by atoms with E-state index in [0.717, 1.165) is 24.2 Å². The molecule has 3 rings (SSSR count). The van der Waals surface area contributed by atoms with Gasteiger partial charge in [-0.1, -0.05) is 12.1 Å². The molecule has 0 bridgehead atoms. The van der Waals surface area contributed by atoms with Crippen LogP contribution in [0.2, 0.25) is 0 Å². The molecular weight excluding hydrogens is 246 g/mol. The van der Waals surface area contributed by atoms with Crippen molar-refractivity contribution in [3.05, 3.63) is 29.3 Å². The molecule has 2 fully saturated rings. The van der Waals surface area contributed by atoms with E-state index in [4.69, 9.17) is 5.73 Å². The predicted molar refractivity (Wildman–Crippen MR) is 84.6 cm³/mol. The first-order valence-electron chi connectivity index (χ1n) is 7.91. The van der Waals surface area contributed by atoms with Crippen LogP contribution in [0, 0.1) is 12.8 Å². The van der Waals surface area contributed by atoms with E-state index in [1.807, 2.05) is 0 Å². The van der Waals surface area contributed by atoms with Gasteiger partial charge in [0.05, 0.1) is 0 Å². The van der Waals surface area contributed by atoms with Crippen LogP contribution in [0.3, 0.4) is 0 Å². The van der Waals surface area contributed by atoms with Crippen molar-refractivity contribution in [2.75, 3.05) is 32.4 Å². The molecule has 0 aliphatic carbocycles. The average molecular weight is 273 g/mol. The first kappa shape index (κ1) is 13.9. The summed E-state index contributed by atoms with van der Waals surface area (Å²) < 4.78 is 0. The summed E-state index contributed by atoms with van der Waals surface area (Å²) in [5, 5.41) is 0. The third-order valence-electron chi connectivity index (χ3n) is 5.18. The van der Waals surface area contributed by atoms with Gasteiger partial charge < -0.3 is 10.6 Å². The second-order valence-electron chi connectivity index (χ2n) is 6.66. The van der Waals surface area contributed by atoms with E-state index < -0.39 is 0 Å². The Bertz CT molecular complexity index is 471. The van der Waals surface area contributed by atoms with E-state index in [1.165, 1.54) is 50.0 Å². The molecule has 3 nitrogen and oxygen atoms in total. The molecule has 0 aromatic heterocycles. The molecule has 2 saturated heterocycles. The quantitative estimate of drug-likeness (QED) is 0.840. The van der Waals surface area contributed by atoms with Gasteiger partial charge in [0.1, 0.15) is 0 Å². The number of piperidine rings is 2. The summed E-state index contributed by atoms with van der Waals surface area (Å²) in [6.07, 6.45) is 4.09. The highest BCUT2D eigenvalue weighted by molar-refractivity contribution is 5.48. The second-order valence-corrected chi connectivity index (χ2v) is 6.66. The van der Waals surface area contributed by atoms with Crippen molar-refractivity contribution in [1.29, 1.82) is 0 Å². The molecule has 2 unspecified atom stereocenters. The Hall–Kier alpha value is -1.06. The third kappa shape index (κ3) is 2.84. The molecular formula is C17H27N3. The van der Waals surface area contributed by atoms with E-state index >= 15 is 0 Å². The van der Waals surface area contributed by atoms with Gasteiger partial charge in [-0.2, -0.15) is 0 Å². The molecule has 1 aromatic rings. The molecule has 2 atom stereocenters. The molecule has 2 heterocycles. The maximum Gasteiger partial charge on any atom is 0.0346 e. The summed E-state index contributed by atoms with van der Waals surface area (Å²) in [5.74, 6) is 0.866. The van der Waals surface area contributed by atoms with Gasteiger partial charge in [0.15, 0.2) is 0 Å². The van der Waals surface area contributed by atoms with E-state index in [2.05, 4.69) is 42.0 Å². The highest BCUT2D eigenvalue weighted by Gasteiger charge is 2.33. The molecule has 2 aliphatic heterocycles. The number of fused-ring (bicyclic) bond motifs is 1. The number of likely N-dealkylation sites (tertiary alicyclic amines) is 2. The number of hydrogen-bond donors (Lipinski definition) is 1. The molecule has 0 spiro atoms. The number of rotatable bonds is 2. The zero-order valence-corrected chi connectivity index (χ0v) is 12.8. The number of nitrogen functional groups attached to an aromatic ring is 1. The number of anilines is 1. The Morgan fingerprint density at radius 2 is 2.10 bits per heavy atom. The zero-order chi connectivity index (χ0) is 14.1. The number of nitrogens with two attached hydrogens (primary N) is 1. The Morgan fingerprint density at radius 1 is 1.25 bits per heavy atom. The first-order chi connectivity index (χ1) is 9.63. The van der Waals surface area contributed by atoms with Gasteiger partial charge >= 0.3 is 0 Å². The minimum absolute atomic E-state index is 0.822. The summed E-state index contributed by atoms with van der Waals surface area (Å²) in [4.78, 5) is 5.19. The Labute approximate surface area is 122 Å². The van der Waals surface area contributed by atoms with Gasteiger partial charge in [0.2, 0.25) is 0 Å². The summed E-state index contributed by atoms with van der Waals surface area (Å²) in [7, 11) is 2.30. The van der Waals surface area contributed by atoms with Gasteiger partial charge in [-0.15, -0.1) is 0 Å². The number of hydrogen-bond acceptors (Lipinski definition) is 3. The summed E-state index contributed by atoms with van der Waals surface area (Å²) in [6.45, 7) is 6.89. The lowest BCUT2D eigenvalue weighted by Crippen LogP contribution is -2.52. The fourth-order valence-corrected chi connectivity index (χ4v) is 3.92. The van der Waals surface area contributed by atoms with Gasteiger partial charge in [-0.05, 0) is 69.4 Å². The van der Waals surface area contributed by atoms with Crippen LogP contribution < -0.4 is 5.73 Å². The van der Waals surface area contributed by atoms with Crippen molar-refractivity contribution in [2.24, 2.45) is 5.92 Å². The maximum atomic E-state index is 6.02. The fraction of sp³-hybridized carbons (Fsp3) is 0.647. The molecule has 2 N–H and O–H groups in total. The van der Waals surface area contributed by atoms with E-state index in [-0.39, 0.29) is 0 Å². The predicted octanol–water partition coefficient (Wildman–Crippen LogP) is 2.49. The molecule has 0 saturated carbocycles. The Balaban J connectivity index is 1.63. The van der Waals surface area contributed by atoms with E-state index in [1.54, 1.807) is 0 Å². The second kappa shape index (κ2) is 5.74. The highest BCUT2D eigenvalue weighted by Crippen LogP contribution is 2.30. The third-order valence-corrected chi connectivity index (χ3v) is 5.18. The SMILES string of the molecule is Cc1ccc(CN2CCC3C(CCCN3C)C2)cc1N. The van der Waals surface area contributed by atoms with Crippen LogP contribution in [0.25, 0.3) is 0 Å². The normalized spacial score (nSPS) is 28.3. The van der Waals surface area contributed by atoms with Crippen molar-refractivity contribution in [3.8, 4) is 0 Å². The zero-order valence-electron chi connectivity index (χ0n) is 12.8. The molecule has 3 heteroatoms. The number of benzene rings is 1. The standard InChI is InChI=1S/C17H27N3/c1-13-5-6-14(10-16(13)18)11-20-9-7-17-15(12-20)4-3-8-19(17)2/h5-6,10,15,17H,3-4,7-9,11-12,18H2,1-2H3. The van der Waals surface area contributed by atoms with Crippen LogP contribution in [0.15, 0.2) is 18.2 Å². The molecule has 0 amide bonds. The largest absolute Gasteiger partial charge is 0.399 e. The van der Waals surface area contributed by atoms with Crippen LogP contribution in [-0.4, -0.2) is 42.5 Å². The van der Waals surface area contributed by atoms with Crippen LogP contribution in [0.1, 0.15) is 30.4 Å². The molecule has 110 valence electrons. The minimum atomic E-state index is 0.822. The Kier molecular flexibility index (Phi) is 3.99. The Morgan fingerprint density at radius 3 is 2.90 bits per heavy atom. The lowest BCUT2D eigenvalue weighted by atomic mass is 9.84. The van der Waals surface area contributed by atoms with Crippen LogP contribution >= 0.6 is 0 Å². The van der Waals surface area contributed by atoms with Crippen molar-refractivity contribution in [2.45, 2.75) is 38.8 Å². The smallest absolute Gasteiger partial charge is 0.0346 e. The van der Waals surface area contributed by atoms with Crippen molar-refractivity contribution < 1.29 is 0 Å². The summed E-state index contributed by atoms with van der Waals surface area (Å²) in [5.41, 5.74) is 9.49. The van der Waals surface area contributed by atoms with E-state index in [0.29, 0.717) is 0 Å². The minimum Gasteiger partial charge on any atom is -0.399 e. The maximum absolute atomic E-state index is 6.02. The molecule has 0 radical (unpaired) electrons. The van der Waals surface area contributed by atoms with Gasteiger partial charge in [0.25, 0.3) is 0 Å². The monoisotopic (exact) mass is 273 g/mol. The lowest BCUT2D eigenvalue weighted by molar-refractivity contribution is 0.0355. The highest BCUT2D eigenvalue weighted by atomic mass is 15.2. The molecule has 1 aromatic carbocycles. The van der Waals surface area contributed by atoms with Crippen LogP contribution in [-0.2, 0) is 6.54 Å². The number of aryl methyl sites for hydroxylation is 1. The topological polar surface area (TPSA) is 32.5 Å². The van der Waals surface area contributed by atoms with Crippen molar-refractivity contribution in [1.82, 2.24) is 9.80 Å². The van der Waals surface area contributed by atoms with Crippen LogP contribution in [0.4, 0.5) is 5.69 Å². The molecule has 20 heavy (non-hydrogen) atoms. The van der Waals surface area contributed by atoms with E-state index in [9.17, 15) is 0 Å². The summed E-state index contributed by atoms with van der Waals surface area (Å²) in [6, 6.07) is 7.34. The fourth-order valence-electron chi connectivity index (χ4n) is 3.92. The van der Waals surface area contributed by atoms with Gasteiger partial charge in [-0.3, -0.25) is 4.90 Å². The van der Waals surface area contributed by atoms with Crippen LogP contribution in [0.5, 0.6) is 0 Å². The lowest BCUT2D eigenvalue weighted by Gasteiger charge is -2.46. The van der Waals surface area contributed by atoms with Crippen molar-refractivity contribution in [3.63, 3.8) is 0 Å².